The second kappa shape index (κ2) is 1.85. The molecule has 8 heavy (non-hydrogen) atoms. The molecule has 0 N–H and O–H groups in total. The van der Waals surface area contributed by atoms with E-state index in [9.17, 15) is 21.0 Å². The van der Waals surface area contributed by atoms with Gasteiger partial charge in [0.05, 0.1) is 0 Å². The van der Waals surface area contributed by atoms with Crippen LogP contribution < -0.4 is 0 Å². The summed E-state index contributed by atoms with van der Waals surface area (Å²) >= 11 is -11.2. The first-order valence-electron chi connectivity index (χ1n) is 1.13. The van der Waals surface area contributed by atoms with Crippen molar-refractivity contribution in [2.45, 2.75) is 0 Å². The predicted molar refractivity (Wildman–Crippen MR) is 18.2 cm³/mol. The van der Waals surface area contributed by atoms with Gasteiger partial charge in [0.25, 0.3) is 0 Å². The number of halogens is 6. The van der Waals surface area contributed by atoms with E-state index in [4.69, 9.17) is 0 Å². The van der Waals surface area contributed by atoms with Gasteiger partial charge in [-0.05, 0) is 0 Å². The van der Waals surface area contributed by atoms with Crippen LogP contribution in [-0.4, -0.2) is 62.8 Å². The van der Waals surface area contributed by atoms with E-state index in [1.165, 1.54) is 0 Å². The zero-order chi connectivity index (χ0) is 6.41. The second-order valence-electron chi connectivity index (χ2n) is 1.07. The Morgan fingerprint density at radius 3 is 0.625 bits per heavy atom. The molecule has 0 saturated heterocycles. The summed E-state index contributed by atoms with van der Waals surface area (Å²) < 4.78 is 59.5. The van der Waals surface area contributed by atoms with Gasteiger partial charge in [0.2, 0.25) is 0 Å². The Hall–Kier alpha value is 1.69. The molecule has 0 aliphatic carbocycles. The van der Waals surface area contributed by atoms with E-state index in [-0.39, 0.29) is 48.9 Å². The molecule has 48 valence electrons. The van der Waals surface area contributed by atoms with Crippen LogP contribution in [0.4, 0.5) is 21.0 Å². The molecule has 0 saturated carbocycles. The Kier molecular flexibility index (Phi) is 2.86. The third-order valence-corrected chi connectivity index (χ3v) is 0. The minimum absolute atomic E-state index is 0. The summed E-state index contributed by atoms with van der Waals surface area (Å²) in [5.41, 5.74) is 0. The second-order valence-corrected chi connectivity index (χ2v) is 5.57. The maximum absolute atomic E-state index is 11.2. The molecule has 0 radical (unpaired) electrons. The molecule has 0 heterocycles. The first-order chi connectivity index (χ1) is 2.45. The number of hydrogen-bond donors (Lipinski definition) is 0. The van der Waals surface area contributed by atoms with Crippen molar-refractivity contribution >= 4 is 62.8 Å². The van der Waals surface area contributed by atoms with Gasteiger partial charge in [-0.3, -0.25) is 0 Å². The van der Waals surface area contributed by atoms with Crippen molar-refractivity contribution in [3.63, 3.8) is 0 Å². The normalized spacial score (nSPS) is 20.2. The molecule has 0 amide bonds. The van der Waals surface area contributed by atoms with E-state index in [0.717, 1.165) is 0 Å². The van der Waals surface area contributed by atoms with E-state index in [1.54, 1.807) is 0 Å². The molecule has 0 fully saturated rings. The molecule has 0 bridgehead atoms. The van der Waals surface area contributed by atoms with Crippen molar-refractivity contribution in [1.29, 1.82) is 0 Å². The van der Waals surface area contributed by atoms with Crippen LogP contribution in [0.15, 0.2) is 0 Å². The summed E-state index contributed by atoms with van der Waals surface area (Å²) in [4.78, 5) is 0. The van der Waals surface area contributed by atoms with Crippen molar-refractivity contribution in [2.24, 2.45) is 0 Å². The van der Waals surface area contributed by atoms with E-state index >= 15 is 0 Å². The van der Waals surface area contributed by atoms with Crippen LogP contribution in [0.2, 0.25) is 0 Å². The molecule has 0 aromatic rings. The summed E-state index contributed by atoms with van der Waals surface area (Å²) in [5, 5.41) is 0. The van der Waals surface area contributed by atoms with Gasteiger partial charge in [-0.15, -0.1) is 0 Å². The first kappa shape index (κ1) is 12.4. The Balaban J connectivity index is 0. The molecular formula is BaF6Ge. The third kappa shape index (κ3) is 120. The van der Waals surface area contributed by atoms with Crippen LogP contribution >= 0.6 is 0 Å². The van der Waals surface area contributed by atoms with Gasteiger partial charge in [-0.25, -0.2) is 0 Å². The van der Waals surface area contributed by atoms with Crippen LogP contribution in [-0.2, 0) is 0 Å². The topological polar surface area (TPSA) is 0 Å². The maximum atomic E-state index is 9.92. The van der Waals surface area contributed by atoms with Crippen LogP contribution in [0.3, 0.4) is 0 Å². The summed E-state index contributed by atoms with van der Waals surface area (Å²) in [6.45, 7) is 0. The average molecular weight is 324 g/mol. The molecule has 0 unspecified atom stereocenters. The minimum atomic E-state index is -11.2. The zero-order valence-corrected chi connectivity index (χ0v) is 10.0. The Morgan fingerprint density at radius 2 is 0.625 bits per heavy atom. The quantitative estimate of drug-likeness (QED) is 0.471. The van der Waals surface area contributed by atoms with Crippen molar-refractivity contribution in [2.75, 3.05) is 0 Å². The summed E-state index contributed by atoms with van der Waals surface area (Å²) in [5.74, 6) is 0. The van der Waals surface area contributed by atoms with Gasteiger partial charge >= 0.3 is 83.8 Å². The van der Waals surface area contributed by atoms with Gasteiger partial charge < -0.3 is 0 Å². The van der Waals surface area contributed by atoms with Crippen molar-refractivity contribution < 1.29 is 21.0 Å². The third-order valence-electron chi connectivity index (χ3n) is 0. The molecule has 0 aromatic heterocycles. The van der Waals surface area contributed by atoms with Gasteiger partial charge in [-0.2, -0.15) is 0 Å². The molecule has 0 rings (SSSR count). The Morgan fingerprint density at radius 1 is 0.625 bits per heavy atom. The molecule has 0 aliphatic rings. The van der Waals surface area contributed by atoms with Crippen molar-refractivity contribution in [3.8, 4) is 0 Å². The van der Waals surface area contributed by atoms with Crippen molar-refractivity contribution in [1.82, 2.24) is 0 Å². The summed E-state index contributed by atoms with van der Waals surface area (Å²) in [6.07, 6.45) is 0. The predicted octanol–water partition coefficient (Wildman–Crippen LogP) is 1.76. The van der Waals surface area contributed by atoms with Crippen LogP contribution in [0.25, 0.3) is 0 Å². The van der Waals surface area contributed by atoms with Gasteiger partial charge in [0.15, 0.2) is 0 Å². The Labute approximate surface area is 82.5 Å². The molecule has 0 aromatic carbocycles. The van der Waals surface area contributed by atoms with Crippen LogP contribution in [0.5, 0.6) is 0 Å². The van der Waals surface area contributed by atoms with E-state index < -0.39 is 13.9 Å². The standard InChI is InChI=1S/Ba.F6Ge/c;1-7(2,3,4,5)6/q+2;-2. The monoisotopic (exact) mass is 326 g/mol. The summed E-state index contributed by atoms with van der Waals surface area (Å²) in [6, 6.07) is 0. The van der Waals surface area contributed by atoms with Gasteiger partial charge in [-0.1, -0.05) is 0 Å². The van der Waals surface area contributed by atoms with E-state index in [2.05, 4.69) is 0 Å². The molecule has 0 spiro atoms. The number of rotatable bonds is 0. The Bertz CT molecular complexity index is 67.1. The van der Waals surface area contributed by atoms with Crippen LogP contribution in [0, 0.1) is 0 Å². The van der Waals surface area contributed by atoms with Crippen molar-refractivity contribution in [3.05, 3.63) is 0 Å². The molecule has 0 nitrogen and oxygen atoms in total. The molecular weight excluding hydrogens is 324 g/mol. The zero-order valence-electron chi connectivity index (χ0n) is 3.47. The fourth-order valence-electron chi connectivity index (χ4n) is 0. The van der Waals surface area contributed by atoms with Crippen LogP contribution in [0.1, 0.15) is 0 Å². The van der Waals surface area contributed by atoms with E-state index in [0.29, 0.717) is 0 Å². The molecule has 8 heteroatoms. The first-order valence-corrected chi connectivity index (χ1v) is 5.89. The SMILES string of the molecule is [Ba+2].[F][Ge-2]([F])([F])([F])([F])[F]. The molecule has 0 aliphatic heterocycles. The number of hydrogen-bond acceptors (Lipinski definition) is 0. The fraction of sp³-hybridized carbons (Fsp3) is 0. The van der Waals surface area contributed by atoms with E-state index in [1.807, 2.05) is 0 Å². The molecule has 0 atom stereocenters. The fourth-order valence-corrected chi connectivity index (χ4v) is 0. The van der Waals surface area contributed by atoms with Gasteiger partial charge in [0.1, 0.15) is 0 Å². The summed E-state index contributed by atoms with van der Waals surface area (Å²) in [7, 11) is 0. The average Bonchev–Trinajstić information content (AvgIpc) is 0.592. The van der Waals surface area contributed by atoms with Gasteiger partial charge in [0, 0.05) is 0 Å².